The summed E-state index contributed by atoms with van der Waals surface area (Å²) in [6, 6.07) is 8.87. The molecule has 0 aromatic heterocycles. The van der Waals surface area contributed by atoms with Crippen LogP contribution in [-0.2, 0) is 4.79 Å². The van der Waals surface area contributed by atoms with Crippen LogP contribution < -0.4 is 10.2 Å². The predicted molar refractivity (Wildman–Crippen MR) is 81.9 cm³/mol. The number of fused-ring (bicyclic) bond motifs is 1. The molecule has 4 heteroatoms. The minimum absolute atomic E-state index is 0.00538. The van der Waals surface area contributed by atoms with Gasteiger partial charge in [-0.3, -0.25) is 4.79 Å². The number of nitrogens with one attached hydrogen (secondary N) is 1. The van der Waals surface area contributed by atoms with Gasteiger partial charge in [-0.25, -0.2) is 9.69 Å². The number of hydrogen-bond acceptors (Lipinski definition) is 2. The Bertz CT molecular complexity index is 562. The second kappa shape index (κ2) is 4.86. The average molecular weight is 286 g/mol. The Hall–Kier alpha value is -1.84. The van der Waals surface area contributed by atoms with Crippen molar-refractivity contribution in [2.24, 2.45) is 17.3 Å². The van der Waals surface area contributed by atoms with Gasteiger partial charge in [0.1, 0.15) is 0 Å². The molecule has 2 fully saturated rings. The normalized spacial score (nSPS) is 29.3. The van der Waals surface area contributed by atoms with Crippen molar-refractivity contribution in [3.63, 3.8) is 0 Å². The van der Waals surface area contributed by atoms with Gasteiger partial charge < -0.3 is 5.32 Å². The number of anilines is 1. The first kappa shape index (κ1) is 14.1. The summed E-state index contributed by atoms with van der Waals surface area (Å²) in [5.74, 6) is 0.321. The molecular weight excluding hydrogens is 264 g/mol. The van der Waals surface area contributed by atoms with Crippen LogP contribution in [0.25, 0.3) is 0 Å². The van der Waals surface area contributed by atoms with E-state index in [0.717, 1.165) is 12.8 Å². The van der Waals surface area contributed by atoms with Gasteiger partial charge in [0.25, 0.3) is 0 Å². The van der Waals surface area contributed by atoms with E-state index in [4.69, 9.17) is 0 Å². The lowest BCUT2D eigenvalue weighted by atomic mass is 9.79. The summed E-state index contributed by atoms with van der Waals surface area (Å²) in [6.45, 7) is 6.61. The number of urea groups is 1. The molecule has 4 nitrogen and oxygen atoms in total. The first-order chi connectivity index (χ1) is 9.88. The van der Waals surface area contributed by atoms with E-state index in [2.05, 4.69) is 26.1 Å². The summed E-state index contributed by atoms with van der Waals surface area (Å²) < 4.78 is 0. The zero-order valence-electron chi connectivity index (χ0n) is 12.8. The number of carbonyl (C=O) groups is 2. The van der Waals surface area contributed by atoms with Crippen molar-refractivity contribution < 1.29 is 9.59 Å². The summed E-state index contributed by atoms with van der Waals surface area (Å²) in [5, 5.41) is 3.03. The third-order valence-electron chi connectivity index (χ3n) is 4.85. The summed E-state index contributed by atoms with van der Waals surface area (Å²) in [7, 11) is 0. The molecular formula is C17H22N2O2. The van der Waals surface area contributed by atoms with Crippen molar-refractivity contribution in [1.82, 2.24) is 5.32 Å². The average Bonchev–Trinajstić information content (AvgIpc) is 2.84. The standard InChI is InChI=1S/C17H22N2O2/c1-17(2,3)11-9-13-14(10-11)18-16(21)19(15(13)20)12-7-5-4-6-8-12/h4-8,11,13-14H,9-10H2,1-3H3,(H,18,21)/t11-,13-,14+/m0/s1. The van der Waals surface area contributed by atoms with Crippen molar-refractivity contribution >= 4 is 17.6 Å². The van der Waals surface area contributed by atoms with E-state index < -0.39 is 0 Å². The third kappa shape index (κ3) is 2.43. The van der Waals surface area contributed by atoms with Crippen LogP contribution >= 0.6 is 0 Å². The number of rotatable bonds is 1. The molecule has 1 heterocycles. The van der Waals surface area contributed by atoms with Crippen LogP contribution in [0.4, 0.5) is 10.5 Å². The molecule has 3 rings (SSSR count). The lowest BCUT2D eigenvalue weighted by Gasteiger charge is -2.33. The highest BCUT2D eigenvalue weighted by atomic mass is 16.2. The lowest BCUT2D eigenvalue weighted by Crippen LogP contribution is -2.58. The van der Waals surface area contributed by atoms with Crippen LogP contribution in [0.3, 0.4) is 0 Å². The summed E-state index contributed by atoms with van der Waals surface area (Å²) >= 11 is 0. The Morgan fingerprint density at radius 1 is 1.10 bits per heavy atom. The predicted octanol–water partition coefficient (Wildman–Crippen LogP) is 3.18. The number of hydrogen-bond donors (Lipinski definition) is 1. The second-order valence-electron chi connectivity index (χ2n) is 7.21. The highest BCUT2D eigenvalue weighted by Gasteiger charge is 2.49. The van der Waals surface area contributed by atoms with E-state index in [9.17, 15) is 9.59 Å². The van der Waals surface area contributed by atoms with Crippen molar-refractivity contribution in [2.75, 3.05) is 4.90 Å². The summed E-state index contributed by atoms with van der Waals surface area (Å²) in [6.07, 6.45) is 1.75. The Morgan fingerprint density at radius 3 is 2.38 bits per heavy atom. The minimum atomic E-state index is -0.290. The fourth-order valence-electron chi connectivity index (χ4n) is 3.49. The topological polar surface area (TPSA) is 49.4 Å². The minimum Gasteiger partial charge on any atom is -0.334 e. The molecule has 1 aromatic carbocycles. The molecule has 0 unspecified atom stereocenters. The number of para-hydroxylation sites is 1. The van der Waals surface area contributed by atoms with Crippen LogP contribution in [0.1, 0.15) is 33.6 Å². The number of benzene rings is 1. The number of imide groups is 1. The maximum absolute atomic E-state index is 12.8. The molecule has 21 heavy (non-hydrogen) atoms. The third-order valence-corrected chi connectivity index (χ3v) is 4.85. The zero-order valence-corrected chi connectivity index (χ0v) is 12.8. The molecule has 1 aliphatic carbocycles. The van der Waals surface area contributed by atoms with Gasteiger partial charge in [0.05, 0.1) is 11.6 Å². The summed E-state index contributed by atoms with van der Waals surface area (Å²) in [5.41, 5.74) is 0.817. The van der Waals surface area contributed by atoms with E-state index in [1.54, 1.807) is 12.1 Å². The second-order valence-corrected chi connectivity index (χ2v) is 7.21. The smallest absolute Gasteiger partial charge is 0.328 e. The molecule has 0 radical (unpaired) electrons. The van der Waals surface area contributed by atoms with E-state index in [0.29, 0.717) is 11.6 Å². The fourth-order valence-corrected chi connectivity index (χ4v) is 3.49. The summed E-state index contributed by atoms with van der Waals surface area (Å²) in [4.78, 5) is 26.4. The van der Waals surface area contributed by atoms with E-state index in [-0.39, 0.29) is 29.3 Å². The van der Waals surface area contributed by atoms with Crippen LogP contribution in [0.5, 0.6) is 0 Å². The van der Waals surface area contributed by atoms with Gasteiger partial charge in [0, 0.05) is 6.04 Å². The Balaban J connectivity index is 1.86. The van der Waals surface area contributed by atoms with Gasteiger partial charge >= 0.3 is 6.03 Å². The monoisotopic (exact) mass is 286 g/mol. The molecule has 0 spiro atoms. The van der Waals surface area contributed by atoms with Crippen molar-refractivity contribution in [1.29, 1.82) is 0 Å². The fraction of sp³-hybridized carbons (Fsp3) is 0.529. The largest absolute Gasteiger partial charge is 0.334 e. The highest BCUT2D eigenvalue weighted by molar-refractivity contribution is 6.17. The SMILES string of the molecule is CC(C)(C)[C@H]1C[C@@H]2C(=O)N(c3ccccc3)C(=O)N[C@@H]2C1. The van der Waals surface area contributed by atoms with Crippen LogP contribution in [-0.4, -0.2) is 18.0 Å². The molecule has 1 N–H and O–H groups in total. The molecule has 3 atom stereocenters. The van der Waals surface area contributed by atoms with Gasteiger partial charge in [-0.2, -0.15) is 0 Å². The van der Waals surface area contributed by atoms with Crippen molar-refractivity contribution in [3.8, 4) is 0 Å². The van der Waals surface area contributed by atoms with Gasteiger partial charge in [-0.05, 0) is 36.3 Å². The van der Waals surface area contributed by atoms with Gasteiger partial charge in [0.2, 0.25) is 5.91 Å². The molecule has 1 saturated heterocycles. The molecule has 1 aromatic rings. The van der Waals surface area contributed by atoms with Crippen molar-refractivity contribution in [2.45, 2.75) is 39.7 Å². The van der Waals surface area contributed by atoms with Gasteiger partial charge in [-0.15, -0.1) is 0 Å². The van der Waals surface area contributed by atoms with Crippen molar-refractivity contribution in [3.05, 3.63) is 30.3 Å². The van der Waals surface area contributed by atoms with Crippen LogP contribution in [0.2, 0.25) is 0 Å². The molecule has 1 saturated carbocycles. The maximum atomic E-state index is 12.8. The van der Waals surface area contributed by atoms with Crippen LogP contribution in [0, 0.1) is 17.3 Å². The van der Waals surface area contributed by atoms with E-state index in [1.807, 2.05) is 18.2 Å². The Labute approximate surface area is 125 Å². The number of carbonyl (C=O) groups excluding carboxylic acids is 2. The Kier molecular flexibility index (Phi) is 3.27. The number of amides is 3. The molecule has 1 aliphatic heterocycles. The molecule has 3 amide bonds. The van der Waals surface area contributed by atoms with E-state index >= 15 is 0 Å². The lowest BCUT2D eigenvalue weighted by molar-refractivity contribution is -0.122. The maximum Gasteiger partial charge on any atom is 0.328 e. The number of nitrogens with zero attached hydrogens (tertiary/aromatic N) is 1. The van der Waals surface area contributed by atoms with Crippen LogP contribution in [0.15, 0.2) is 30.3 Å². The zero-order chi connectivity index (χ0) is 15.2. The first-order valence-electron chi connectivity index (χ1n) is 7.57. The first-order valence-corrected chi connectivity index (χ1v) is 7.57. The molecule has 112 valence electrons. The Morgan fingerprint density at radius 2 is 1.76 bits per heavy atom. The van der Waals surface area contributed by atoms with Gasteiger partial charge in [-0.1, -0.05) is 39.0 Å². The van der Waals surface area contributed by atoms with E-state index in [1.165, 1.54) is 4.90 Å². The highest BCUT2D eigenvalue weighted by Crippen LogP contribution is 2.44. The quantitative estimate of drug-likeness (QED) is 0.862. The van der Waals surface area contributed by atoms with Gasteiger partial charge in [0.15, 0.2) is 0 Å². The molecule has 0 bridgehead atoms. The molecule has 2 aliphatic rings.